The number of carbonyl (C=O) groups excluding carboxylic acids is 1. The van der Waals surface area contributed by atoms with Gasteiger partial charge in [-0.05, 0) is 25.5 Å². The Morgan fingerprint density at radius 1 is 1.25 bits per heavy atom. The van der Waals surface area contributed by atoms with E-state index in [9.17, 15) is 14.9 Å². The van der Waals surface area contributed by atoms with Crippen molar-refractivity contribution in [3.05, 3.63) is 68.6 Å². The lowest BCUT2D eigenvalue weighted by Gasteiger charge is -2.23. The Kier molecular flexibility index (Phi) is 5.39. The summed E-state index contributed by atoms with van der Waals surface area (Å²) >= 11 is 12.3. The van der Waals surface area contributed by atoms with Gasteiger partial charge >= 0.3 is 5.69 Å². The van der Waals surface area contributed by atoms with E-state index in [0.717, 1.165) is 11.8 Å². The lowest BCUT2D eigenvalue weighted by Crippen LogP contribution is -2.40. The number of aromatic nitrogens is 4. The van der Waals surface area contributed by atoms with Gasteiger partial charge in [-0.25, -0.2) is 0 Å². The molecule has 9 nitrogen and oxygen atoms in total. The molecule has 3 aromatic rings. The molecule has 0 saturated heterocycles. The highest BCUT2D eigenvalue weighted by molar-refractivity contribution is 6.33. The second-order valence-corrected chi connectivity index (χ2v) is 7.34. The van der Waals surface area contributed by atoms with Crippen molar-refractivity contribution in [2.75, 3.05) is 5.32 Å². The summed E-state index contributed by atoms with van der Waals surface area (Å²) in [5.74, 6) is -0.302. The molecule has 1 N–H and O–H groups in total. The molecule has 146 valence electrons. The third kappa shape index (κ3) is 4.00. The quantitative estimate of drug-likeness (QED) is 0.480. The Morgan fingerprint density at radius 2 is 1.96 bits per heavy atom. The Labute approximate surface area is 170 Å². The molecule has 1 aromatic carbocycles. The SMILES string of the molecule is CC(C)(C(=O)Nc1nn(Cc2ccccc2Cl)cc1Cl)n1cc([N+](=O)[O-])cn1. The molecule has 28 heavy (non-hydrogen) atoms. The highest BCUT2D eigenvalue weighted by Crippen LogP contribution is 2.25. The number of amides is 1. The molecule has 0 aliphatic heterocycles. The van der Waals surface area contributed by atoms with Gasteiger partial charge in [-0.2, -0.15) is 10.2 Å². The first kappa shape index (κ1) is 19.8. The second-order valence-electron chi connectivity index (χ2n) is 6.53. The van der Waals surface area contributed by atoms with Crippen LogP contribution in [0.5, 0.6) is 0 Å². The van der Waals surface area contributed by atoms with Gasteiger partial charge in [0.2, 0.25) is 0 Å². The number of halogens is 2. The van der Waals surface area contributed by atoms with Crippen molar-refractivity contribution in [3.63, 3.8) is 0 Å². The summed E-state index contributed by atoms with van der Waals surface area (Å²) in [7, 11) is 0. The van der Waals surface area contributed by atoms with Gasteiger partial charge in [0.15, 0.2) is 5.82 Å². The molecule has 2 heterocycles. The van der Waals surface area contributed by atoms with Gasteiger partial charge in [0.05, 0.1) is 11.5 Å². The molecule has 0 spiro atoms. The molecule has 0 aliphatic rings. The zero-order valence-electron chi connectivity index (χ0n) is 15.0. The van der Waals surface area contributed by atoms with E-state index in [1.165, 1.54) is 10.9 Å². The number of rotatable bonds is 6. The van der Waals surface area contributed by atoms with E-state index in [1.807, 2.05) is 18.2 Å². The molecule has 0 radical (unpaired) electrons. The number of benzene rings is 1. The van der Waals surface area contributed by atoms with Crippen molar-refractivity contribution in [2.24, 2.45) is 0 Å². The Balaban J connectivity index is 1.77. The Morgan fingerprint density at radius 3 is 2.61 bits per heavy atom. The van der Waals surface area contributed by atoms with Gasteiger partial charge in [0.1, 0.15) is 23.0 Å². The summed E-state index contributed by atoms with van der Waals surface area (Å²) < 4.78 is 2.78. The predicted octanol–water partition coefficient (Wildman–Crippen LogP) is 3.72. The van der Waals surface area contributed by atoms with Crippen molar-refractivity contribution >= 4 is 40.6 Å². The average molecular weight is 423 g/mol. The van der Waals surface area contributed by atoms with E-state index >= 15 is 0 Å². The van der Waals surface area contributed by atoms with E-state index in [0.29, 0.717) is 11.6 Å². The highest BCUT2D eigenvalue weighted by Gasteiger charge is 2.33. The van der Waals surface area contributed by atoms with Crippen LogP contribution in [-0.4, -0.2) is 30.4 Å². The van der Waals surface area contributed by atoms with Crippen molar-refractivity contribution < 1.29 is 9.72 Å². The molecule has 0 aliphatic carbocycles. The molecule has 2 aromatic heterocycles. The van der Waals surface area contributed by atoms with E-state index in [4.69, 9.17) is 23.2 Å². The smallest absolute Gasteiger partial charge is 0.306 e. The number of nitrogens with zero attached hydrogens (tertiary/aromatic N) is 5. The van der Waals surface area contributed by atoms with Gasteiger partial charge in [-0.1, -0.05) is 41.4 Å². The number of nitrogens with one attached hydrogen (secondary N) is 1. The fourth-order valence-corrected chi connectivity index (χ4v) is 2.83. The van der Waals surface area contributed by atoms with E-state index in [2.05, 4.69) is 15.5 Å². The summed E-state index contributed by atoms with van der Waals surface area (Å²) in [5.41, 5.74) is -0.558. The molecule has 0 fully saturated rings. The van der Waals surface area contributed by atoms with Gasteiger partial charge < -0.3 is 5.32 Å². The van der Waals surface area contributed by atoms with Gasteiger partial charge in [0.25, 0.3) is 5.91 Å². The summed E-state index contributed by atoms with van der Waals surface area (Å²) in [5, 5.41) is 22.5. The van der Waals surface area contributed by atoms with Crippen molar-refractivity contribution in [1.29, 1.82) is 0 Å². The van der Waals surface area contributed by atoms with Crippen LogP contribution in [0, 0.1) is 10.1 Å². The van der Waals surface area contributed by atoms with Crippen LogP contribution in [0.4, 0.5) is 11.5 Å². The van der Waals surface area contributed by atoms with Crippen LogP contribution in [-0.2, 0) is 16.9 Å². The first-order valence-electron chi connectivity index (χ1n) is 8.16. The molecule has 0 bridgehead atoms. The first-order chi connectivity index (χ1) is 13.2. The van der Waals surface area contributed by atoms with Crippen LogP contribution in [0.15, 0.2) is 42.9 Å². The number of nitro groups is 1. The van der Waals surface area contributed by atoms with Crippen LogP contribution in [0.3, 0.4) is 0 Å². The lowest BCUT2D eigenvalue weighted by atomic mass is 10.1. The molecule has 11 heteroatoms. The molecule has 0 unspecified atom stereocenters. The fourth-order valence-electron chi connectivity index (χ4n) is 2.44. The van der Waals surface area contributed by atoms with E-state index < -0.39 is 16.4 Å². The maximum atomic E-state index is 12.7. The Bertz CT molecular complexity index is 1040. The molecule has 0 saturated carbocycles. The van der Waals surface area contributed by atoms with E-state index in [1.54, 1.807) is 30.8 Å². The Hall–Kier alpha value is -2.91. The van der Waals surface area contributed by atoms with Crippen molar-refractivity contribution in [1.82, 2.24) is 19.6 Å². The average Bonchev–Trinajstić information content (AvgIpc) is 3.25. The largest absolute Gasteiger partial charge is 0.307 e. The summed E-state index contributed by atoms with van der Waals surface area (Å²) in [6, 6.07) is 7.33. The fraction of sp³-hybridized carbons (Fsp3) is 0.235. The summed E-state index contributed by atoms with van der Waals surface area (Å²) in [6.45, 7) is 3.53. The number of carbonyl (C=O) groups is 1. The van der Waals surface area contributed by atoms with Crippen LogP contribution < -0.4 is 5.32 Å². The van der Waals surface area contributed by atoms with Gasteiger partial charge in [-0.15, -0.1) is 0 Å². The minimum Gasteiger partial charge on any atom is -0.306 e. The minimum atomic E-state index is -1.20. The monoisotopic (exact) mass is 422 g/mol. The minimum absolute atomic E-state index is 0.174. The van der Waals surface area contributed by atoms with Gasteiger partial charge in [-0.3, -0.25) is 24.3 Å². The van der Waals surface area contributed by atoms with Crippen molar-refractivity contribution in [2.45, 2.75) is 25.9 Å². The van der Waals surface area contributed by atoms with Crippen LogP contribution in [0.2, 0.25) is 10.0 Å². The second kappa shape index (κ2) is 7.61. The number of hydrogen-bond acceptors (Lipinski definition) is 5. The van der Waals surface area contributed by atoms with Crippen LogP contribution in [0.1, 0.15) is 19.4 Å². The van der Waals surface area contributed by atoms with Gasteiger partial charge in [0, 0.05) is 11.2 Å². The molecular weight excluding hydrogens is 407 g/mol. The zero-order chi connectivity index (χ0) is 20.5. The van der Waals surface area contributed by atoms with Crippen LogP contribution in [0.25, 0.3) is 0 Å². The first-order valence-corrected chi connectivity index (χ1v) is 8.91. The highest BCUT2D eigenvalue weighted by atomic mass is 35.5. The topological polar surface area (TPSA) is 108 Å². The summed E-state index contributed by atoms with van der Waals surface area (Å²) in [4.78, 5) is 23.0. The molecule has 3 rings (SSSR count). The lowest BCUT2D eigenvalue weighted by molar-refractivity contribution is -0.385. The molecule has 1 amide bonds. The summed E-state index contributed by atoms with van der Waals surface area (Å²) in [6.07, 6.45) is 3.85. The third-order valence-electron chi connectivity index (χ3n) is 4.15. The van der Waals surface area contributed by atoms with E-state index in [-0.39, 0.29) is 16.5 Å². The zero-order valence-corrected chi connectivity index (χ0v) is 16.5. The maximum Gasteiger partial charge on any atom is 0.307 e. The molecule has 0 atom stereocenters. The molecular formula is C17H16Cl2N6O3. The van der Waals surface area contributed by atoms with Crippen molar-refractivity contribution in [3.8, 4) is 0 Å². The normalized spacial score (nSPS) is 11.4. The maximum absolute atomic E-state index is 12.7. The number of anilines is 1. The predicted molar refractivity (Wildman–Crippen MR) is 105 cm³/mol. The van der Waals surface area contributed by atoms with Crippen LogP contribution >= 0.6 is 23.2 Å². The number of hydrogen-bond donors (Lipinski definition) is 1. The third-order valence-corrected chi connectivity index (χ3v) is 4.79. The standard InChI is InChI=1S/C17H16Cl2N6O3/c1-17(2,24-9-12(7-20-24)25(27)28)16(26)21-15-14(19)10-23(22-15)8-11-5-3-4-6-13(11)18/h3-7,9-10H,8H2,1-2H3,(H,21,22,26).